The van der Waals surface area contributed by atoms with Gasteiger partial charge in [0.25, 0.3) is 0 Å². The molecule has 3 heterocycles. The minimum atomic E-state index is 0.0398. The highest BCUT2D eigenvalue weighted by Gasteiger charge is 2.39. The second kappa shape index (κ2) is 14.9. The molecule has 0 fully saturated rings. The van der Waals surface area contributed by atoms with Crippen LogP contribution in [0.4, 0.5) is 11.6 Å². The van der Waals surface area contributed by atoms with E-state index >= 15 is 0 Å². The monoisotopic (exact) mass is 792 g/mol. The third-order valence-corrected chi connectivity index (χ3v) is 12.6. The van der Waals surface area contributed by atoms with Crippen LogP contribution in [0.3, 0.4) is 0 Å². The highest BCUT2D eigenvalue weighted by atomic mass is 15.3. The van der Waals surface area contributed by atoms with Crippen LogP contribution in [0.15, 0.2) is 231 Å². The maximum absolute atomic E-state index is 5.26. The third kappa shape index (κ3) is 6.15. The predicted molar refractivity (Wildman–Crippen MR) is 257 cm³/mol. The lowest BCUT2D eigenvalue weighted by Crippen LogP contribution is -2.30. The molecule has 0 saturated carbocycles. The highest BCUT2D eigenvalue weighted by Crippen LogP contribution is 2.49. The van der Waals surface area contributed by atoms with Gasteiger partial charge in [-0.15, -0.1) is 0 Å². The number of anilines is 2. The Labute approximate surface area is 361 Å². The number of allylic oxidation sites excluding steroid dienone is 2. The fourth-order valence-electron chi connectivity index (χ4n) is 9.61. The molecular formula is C58H40N4. The Bertz CT molecular complexity index is 3350. The molecule has 0 N–H and O–H groups in total. The molecule has 10 aromatic rings. The van der Waals surface area contributed by atoms with E-state index in [1.807, 2.05) is 12.3 Å². The molecule has 2 unspecified atom stereocenters. The second-order valence-corrected chi connectivity index (χ2v) is 16.2. The van der Waals surface area contributed by atoms with Crippen LogP contribution in [0, 0.1) is 0 Å². The van der Waals surface area contributed by atoms with Gasteiger partial charge in [-0.1, -0.05) is 170 Å². The van der Waals surface area contributed by atoms with Crippen LogP contribution < -0.4 is 4.90 Å². The average Bonchev–Trinajstić information content (AvgIpc) is 3.87. The summed E-state index contributed by atoms with van der Waals surface area (Å²) in [4.78, 5) is 12.5. The maximum atomic E-state index is 5.26. The Morgan fingerprint density at radius 1 is 0.435 bits per heavy atom. The molecule has 4 nitrogen and oxygen atoms in total. The smallest absolute Gasteiger partial charge is 0.231 e. The molecule has 0 saturated heterocycles. The van der Waals surface area contributed by atoms with E-state index in [1.165, 1.54) is 66.3 Å². The highest BCUT2D eigenvalue weighted by molar-refractivity contribution is 6.11. The van der Waals surface area contributed by atoms with Crippen molar-refractivity contribution in [3.05, 3.63) is 242 Å². The lowest BCUT2D eigenvalue weighted by atomic mass is 9.86. The molecular weight excluding hydrogens is 753 g/mol. The first kappa shape index (κ1) is 35.8. The number of aromatic nitrogens is 3. The van der Waals surface area contributed by atoms with Crippen molar-refractivity contribution in [1.29, 1.82) is 0 Å². The van der Waals surface area contributed by atoms with E-state index in [-0.39, 0.29) is 12.0 Å². The fraction of sp³-hybridized carbons (Fsp3) is 0.0345. The van der Waals surface area contributed by atoms with Gasteiger partial charge in [-0.25, -0.2) is 9.97 Å². The number of para-hydroxylation sites is 2. The number of hydrogen-bond donors (Lipinski definition) is 0. The topological polar surface area (TPSA) is 34.0 Å². The van der Waals surface area contributed by atoms with Crippen molar-refractivity contribution in [2.75, 3.05) is 4.90 Å². The summed E-state index contributed by atoms with van der Waals surface area (Å²) in [5, 5.41) is 2.48. The number of hydrogen-bond acceptors (Lipinski definition) is 3. The Morgan fingerprint density at radius 3 is 1.73 bits per heavy atom. The van der Waals surface area contributed by atoms with Crippen molar-refractivity contribution >= 4 is 39.0 Å². The standard InChI is InChI=1S/C58H40N4/c1-4-13-39(14-5-1)41-23-25-42(26-24-41)43-17-12-18-47(35-43)53-33-34-59-58(60-53)62-54-22-11-10-21-49(54)50-37-45(29-32-57(50)62)46-28-31-56-52(38-46)51-36-44(40-15-6-2-7-16-40)27-30-55(51)61(56)48-19-8-3-9-20-48/h1-38,50,57H. The van der Waals surface area contributed by atoms with Crippen LogP contribution >= 0.6 is 0 Å². The molecule has 8 aromatic carbocycles. The molecule has 1 aliphatic heterocycles. The van der Waals surface area contributed by atoms with E-state index in [2.05, 4.69) is 228 Å². The molecule has 292 valence electrons. The van der Waals surface area contributed by atoms with Gasteiger partial charge in [0.1, 0.15) is 0 Å². The fourth-order valence-corrected chi connectivity index (χ4v) is 9.61. The van der Waals surface area contributed by atoms with E-state index in [1.54, 1.807) is 0 Å². The zero-order valence-electron chi connectivity index (χ0n) is 33.9. The molecule has 0 amide bonds. The molecule has 0 bridgehead atoms. The normalized spacial score (nSPS) is 15.4. The second-order valence-electron chi connectivity index (χ2n) is 16.2. The summed E-state index contributed by atoms with van der Waals surface area (Å²) in [5.41, 5.74) is 17.5. The molecule has 2 atom stereocenters. The largest absolute Gasteiger partial charge is 0.309 e. The van der Waals surface area contributed by atoms with E-state index in [9.17, 15) is 0 Å². The molecule has 0 radical (unpaired) electrons. The maximum Gasteiger partial charge on any atom is 0.231 e. The van der Waals surface area contributed by atoms with Gasteiger partial charge in [0, 0.05) is 39.8 Å². The van der Waals surface area contributed by atoms with Gasteiger partial charge in [0.05, 0.1) is 22.8 Å². The van der Waals surface area contributed by atoms with Crippen LogP contribution in [0.2, 0.25) is 0 Å². The molecule has 2 aliphatic rings. The first-order valence-corrected chi connectivity index (χ1v) is 21.3. The first-order valence-electron chi connectivity index (χ1n) is 21.3. The van der Waals surface area contributed by atoms with Crippen LogP contribution in [0.1, 0.15) is 17.0 Å². The number of nitrogens with zero attached hydrogens (tertiary/aromatic N) is 4. The summed E-state index contributed by atoms with van der Waals surface area (Å²) >= 11 is 0. The van der Waals surface area contributed by atoms with Crippen molar-refractivity contribution in [3.8, 4) is 50.3 Å². The Hall–Kier alpha value is -8.08. The van der Waals surface area contributed by atoms with E-state index < -0.39 is 0 Å². The van der Waals surface area contributed by atoms with E-state index in [4.69, 9.17) is 9.97 Å². The average molecular weight is 793 g/mol. The van der Waals surface area contributed by atoms with Gasteiger partial charge in [0.15, 0.2) is 0 Å². The van der Waals surface area contributed by atoms with Crippen molar-refractivity contribution < 1.29 is 0 Å². The number of rotatable bonds is 7. The van der Waals surface area contributed by atoms with E-state index in [0.717, 1.165) is 28.2 Å². The summed E-state index contributed by atoms with van der Waals surface area (Å²) in [5.74, 6) is 0.831. The van der Waals surface area contributed by atoms with Crippen molar-refractivity contribution in [3.63, 3.8) is 0 Å². The molecule has 1 aliphatic carbocycles. The molecule has 4 heteroatoms. The van der Waals surface area contributed by atoms with Crippen molar-refractivity contribution in [2.45, 2.75) is 12.0 Å². The molecule has 2 aromatic heterocycles. The van der Waals surface area contributed by atoms with Gasteiger partial charge in [-0.2, -0.15) is 0 Å². The van der Waals surface area contributed by atoms with Crippen LogP contribution in [0.25, 0.3) is 77.7 Å². The van der Waals surface area contributed by atoms with Crippen molar-refractivity contribution in [1.82, 2.24) is 14.5 Å². The minimum absolute atomic E-state index is 0.0398. The summed E-state index contributed by atoms with van der Waals surface area (Å²) in [6, 6.07) is 74.0. The lowest BCUT2D eigenvalue weighted by molar-refractivity contribution is 0.732. The lowest BCUT2D eigenvalue weighted by Gasteiger charge is -2.28. The van der Waals surface area contributed by atoms with Crippen LogP contribution in [-0.4, -0.2) is 20.6 Å². The molecule has 62 heavy (non-hydrogen) atoms. The summed E-state index contributed by atoms with van der Waals surface area (Å²) in [6.07, 6.45) is 8.99. The Morgan fingerprint density at radius 2 is 0.984 bits per heavy atom. The van der Waals surface area contributed by atoms with Gasteiger partial charge in [-0.05, 0) is 105 Å². The predicted octanol–water partition coefficient (Wildman–Crippen LogP) is 14.5. The van der Waals surface area contributed by atoms with Crippen molar-refractivity contribution in [2.24, 2.45) is 0 Å². The van der Waals surface area contributed by atoms with Crippen LogP contribution in [0.5, 0.6) is 0 Å². The third-order valence-electron chi connectivity index (χ3n) is 12.6. The van der Waals surface area contributed by atoms with Gasteiger partial charge in [-0.3, -0.25) is 0 Å². The zero-order chi connectivity index (χ0) is 41.0. The molecule has 0 spiro atoms. The SMILES string of the molecule is C1=CC2C(C=C1c1ccc3c(c1)c1cc(-c4ccccc4)ccc1n3-c1ccccc1)c1ccccc1N2c1nccc(-c2cccc(-c3ccc(-c4ccccc4)cc3)c2)n1. The number of fused-ring (bicyclic) bond motifs is 6. The summed E-state index contributed by atoms with van der Waals surface area (Å²) in [7, 11) is 0. The van der Waals surface area contributed by atoms with E-state index in [0.29, 0.717) is 5.95 Å². The molecule has 12 rings (SSSR count). The Balaban J connectivity index is 0.890. The zero-order valence-corrected chi connectivity index (χ0v) is 33.9. The number of benzene rings is 8. The van der Waals surface area contributed by atoms with Crippen LogP contribution in [-0.2, 0) is 0 Å². The van der Waals surface area contributed by atoms with Gasteiger partial charge < -0.3 is 9.47 Å². The quantitative estimate of drug-likeness (QED) is 0.161. The first-order chi connectivity index (χ1) is 30.7. The summed E-state index contributed by atoms with van der Waals surface area (Å²) in [6.45, 7) is 0. The summed E-state index contributed by atoms with van der Waals surface area (Å²) < 4.78 is 2.39. The Kier molecular flexibility index (Phi) is 8.60. The minimum Gasteiger partial charge on any atom is -0.309 e. The van der Waals surface area contributed by atoms with Gasteiger partial charge >= 0.3 is 0 Å². The van der Waals surface area contributed by atoms with Gasteiger partial charge in [0.2, 0.25) is 5.95 Å².